The molecule has 0 saturated heterocycles. The molecule has 0 spiro atoms. The van der Waals surface area contributed by atoms with Crippen LogP contribution in [0.3, 0.4) is 0 Å². The van der Waals surface area contributed by atoms with Crippen LogP contribution < -0.4 is 0 Å². The van der Waals surface area contributed by atoms with E-state index >= 15 is 0 Å². The van der Waals surface area contributed by atoms with Crippen molar-refractivity contribution in [2.45, 2.75) is 20.1 Å². The molecule has 1 aromatic carbocycles. The zero-order chi connectivity index (χ0) is 15.5. The first-order valence-corrected chi connectivity index (χ1v) is 8.31. The Labute approximate surface area is 138 Å². The predicted octanol–water partition coefficient (Wildman–Crippen LogP) is 4.33. The van der Waals surface area contributed by atoms with Crippen molar-refractivity contribution in [3.63, 3.8) is 0 Å². The fraction of sp³-hybridized carbons (Fsp3) is 0.250. The largest absolute Gasteiger partial charge is 0.409 e. The normalized spacial score (nSPS) is 11.2. The fourth-order valence-corrected chi connectivity index (χ4v) is 3.02. The monoisotopic (exact) mass is 331 g/mol. The second kappa shape index (κ2) is 6.56. The highest BCUT2D eigenvalue weighted by Crippen LogP contribution is 2.18. The van der Waals surface area contributed by atoms with E-state index in [1.165, 1.54) is 11.1 Å². The van der Waals surface area contributed by atoms with E-state index in [-0.39, 0.29) is 0 Å². The van der Waals surface area contributed by atoms with Crippen LogP contribution in [-0.4, -0.2) is 21.7 Å². The van der Waals surface area contributed by atoms with Crippen LogP contribution in [0.1, 0.15) is 11.1 Å². The van der Waals surface area contributed by atoms with E-state index in [1.54, 1.807) is 16.0 Å². The maximum atomic E-state index is 5.62. The van der Waals surface area contributed by atoms with Gasteiger partial charge in [0.05, 0.1) is 6.67 Å². The summed E-state index contributed by atoms with van der Waals surface area (Å²) >= 11 is 6.98. The fourth-order valence-electron chi connectivity index (χ4n) is 2.18. The molecule has 0 amide bonds. The Bertz CT molecular complexity index is 788. The minimum absolute atomic E-state index is 0.396. The van der Waals surface area contributed by atoms with Gasteiger partial charge in [-0.25, -0.2) is 4.68 Å². The maximum Gasteiger partial charge on any atom is 0.288 e. The molecule has 0 aliphatic rings. The van der Waals surface area contributed by atoms with Gasteiger partial charge in [0.25, 0.3) is 4.84 Å². The Morgan fingerprint density at radius 2 is 2.05 bits per heavy atom. The molecule has 6 heteroatoms. The maximum absolute atomic E-state index is 5.62. The number of aryl methyl sites for hydroxylation is 1. The van der Waals surface area contributed by atoms with Crippen LogP contribution in [0.4, 0.5) is 0 Å². The van der Waals surface area contributed by atoms with Gasteiger partial charge in [0.2, 0.25) is 5.89 Å². The quantitative estimate of drug-likeness (QED) is 0.652. The number of benzene rings is 1. The topological polar surface area (TPSA) is 34.2 Å². The molecule has 0 N–H and O–H groups in total. The van der Waals surface area contributed by atoms with Crippen molar-refractivity contribution >= 4 is 23.6 Å². The lowest BCUT2D eigenvalue weighted by Gasteiger charge is -2.14. The van der Waals surface area contributed by atoms with Crippen molar-refractivity contribution in [3.8, 4) is 11.5 Å². The molecule has 0 bridgehead atoms. The molecule has 0 saturated carbocycles. The molecule has 3 aromatic rings. The number of thiophene rings is 1. The van der Waals surface area contributed by atoms with Gasteiger partial charge in [-0.15, -0.1) is 5.10 Å². The van der Waals surface area contributed by atoms with Crippen LogP contribution in [0.2, 0.25) is 0 Å². The molecule has 4 nitrogen and oxygen atoms in total. The zero-order valence-electron chi connectivity index (χ0n) is 12.5. The number of nitrogens with zero attached hydrogens (tertiary/aromatic N) is 3. The standard InChI is InChI=1S/C16H17N3OS2/c1-12-3-5-14(6-4-12)15-17-19(16(21)20-15)11-18(2)9-13-7-8-22-10-13/h3-8,10H,9,11H2,1-2H3. The molecule has 0 unspecified atom stereocenters. The van der Waals surface area contributed by atoms with Crippen LogP contribution >= 0.6 is 23.6 Å². The third-order valence-corrected chi connectivity index (χ3v) is 4.34. The van der Waals surface area contributed by atoms with Crippen LogP contribution in [0, 0.1) is 11.8 Å². The predicted molar refractivity (Wildman–Crippen MR) is 91.3 cm³/mol. The van der Waals surface area contributed by atoms with Gasteiger partial charge in [0, 0.05) is 12.1 Å². The van der Waals surface area contributed by atoms with E-state index in [4.69, 9.17) is 16.6 Å². The summed E-state index contributed by atoms with van der Waals surface area (Å²) in [5.41, 5.74) is 3.44. The molecule has 0 radical (unpaired) electrons. The second-order valence-corrected chi connectivity index (χ2v) is 6.46. The van der Waals surface area contributed by atoms with Gasteiger partial charge < -0.3 is 4.42 Å². The molecule has 0 fully saturated rings. The molecule has 114 valence electrons. The van der Waals surface area contributed by atoms with Crippen molar-refractivity contribution in [1.29, 1.82) is 0 Å². The van der Waals surface area contributed by atoms with E-state index in [2.05, 4.69) is 33.7 Å². The minimum Gasteiger partial charge on any atom is -0.409 e. The van der Waals surface area contributed by atoms with Gasteiger partial charge in [-0.3, -0.25) is 4.90 Å². The summed E-state index contributed by atoms with van der Waals surface area (Å²) in [6.07, 6.45) is 0. The van der Waals surface area contributed by atoms with Crippen molar-refractivity contribution in [2.75, 3.05) is 7.05 Å². The summed E-state index contributed by atoms with van der Waals surface area (Å²) in [6.45, 7) is 3.51. The molecular weight excluding hydrogens is 314 g/mol. The number of hydrogen-bond acceptors (Lipinski definition) is 5. The third kappa shape index (κ3) is 3.52. The Morgan fingerprint density at radius 3 is 2.73 bits per heavy atom. The van der Waals surface area contributed by atoms with Gasteiger partial charge in [-0.1, -0.05) is 17.7 Å². The van der Waals surface area contributed by atoms with Crippen LogP contribution in [-0.2, 0) is 13.2 Å². The van der Waals surface area contributed by atoms with E-state index in [0.29, 0.717) is 17.4 Å². The molecule has 2 aromatic heterocycles. The summed E-state index contributed by atoms with van der Waals surface area (Å²) in [6, 6.07) is 10.2. The SMILES string of the molecule is Cc1ccc(-c2nn(CN(C)Cc3ccsc3)c(=S)o2)cc1. The average Bonchev–Trinajstić information content (AvgIpc) is 3.10. The van der Waals surface area contributed by atoms with Gasteiger partial charge >= 0.3 is 0 Å². The molecule has 2 heterocycles. The molecule has 0 atom stereocenters. The Balaban J connectivity index is 1.75. The van der Waals surface area contributed by atoms with Crippen molar-refractivity contribution in [3.05, 3.63) is 57.1 Å². The zero-order valence-corrected chi connectivity index (χ0v) is 14.2. The summed E-state index contributed by atoms with van der Waals surface area (Å²) in [5, 5.41) is 8.72. The molecule has 0 aliphatic carbocycles. The highest BCUT2D eigenvalue weighted by atomic mass is 32.1. The van der Waals surface area contributed by atoms with Crippen molar-refractivity contribution in [2.24, 2.45) is 0 Å². The first-order chi connectivity index (χ1) is 10.6. The van der Waals surface area contributed by atoms with Gasteiger partial charge in [-0.2, -0.15) is 11.3 Å². The molecule has 22 heavy (non-hydrogen) atoms. The Morgan fingerprint density at radius 1 is 1.27 bits per heavy atom. The number of hydrogen-bond donors (Lipinski definition) is 0. The van der Waals surface area contributed by atoms with E-state index in [0.717, 1.165) is 12.1 Å². The first kappa shape index (κ1) is 15.1. The Kier molecular flexibility index (Phi) is 4.52. The molecule has 3 rings (SSSR count). The number of rotatable bonds is 5. The van der Waals surface area contributed by atoms with Gasteiger partial charge in [0.1, 0.15) is 0 Å². The van der Waals surface area contributed by atoms with Gasteiger partial charge in [-0.05, 0) is 60.7 Å². The average molecular weight is 331 g/mol. The molecule has 0 aliphatic heterocycles. The van der Waals surface area contributed by atoms with Crippen LogP contribution in [0.25, 0.3) is 11.5 Å². The summed E-state index contributed by atoms with van der Waals surface area (Å²) in [5.74, 6) is 0.564. The lowest BCUT2D eigenvalue weighted by molar-refractivity contribution is 0.241. The summed E-state index contributed by atoms with van der Waals surface area (Å²) < 4.78 is 7.34. The molecular formula is C16H17N3OS2. The Hall–Kier alpha value is -1.76. The summed E-state index contributed by atoms with van der Waals surface area (Å²) in [4.78, 5) is 2.55. The van der Waals surface area contributed by atoms with E-state index < -0.39 is 0 Å². The number of aromatic nitrogens is 2. The third-order valence-electron chi connectivity index (χ3n) is 3.31. The summed E-state index contributed by atoms with van der Waals surface area (Å²) in [7, 11) is 2.04. The van der Waals surface area contributed by atoms with Crippen LogP contribution in [0.15, 0.2) is 45.5 Å². The van der Waals surface area contributed by atoms with E-state index in [1.807, 2.05) is 31.3 Å². The first-order valence-electron chi connectivity index (χ1n) is 6.96. The highest BCUT2D eigenvalue weighted by Gasteiger charge is 2.10. The van der Waals surface area contributed by atoms with Crippen LogP contribution in [0.5, 0.6) is 0 Å². The van der Waals surface area contributed by atoms with Crippen molar-refractivity contribution < 1.29 is 4.42 Å². The smallest absolute Gasteiger partial charge is 0.288 e. The van der Waals surface area contributed by atoms with Gasteiger partial charge in [0.15, 0.2) is 0 Å². The lowest BCUT2D eigenvalue weighted by atomic mass is 10.1. The van der Waals surface area contributed by atoms with Crippen molar-refractivity contribution in [1.82, 2.24) is 14.7 Å². The second-order valence-electron chi connectivity index (χ2n) is 5.33. The van der Waals surface area contributed by atoms with E-state index in [9.17, 15) is 0 Å². The lowest BCUT2D eigenvalue weighted by Crippen LogP contribution is -2.22. The minimum atomic E-state index is 0.396. The highest BCUT2D eigenvalue weighted by molar-refractivity contribution is 7.71.